The number of anilines is 1. The molecule has 0 amide bonds. The number of nitrogens with one attached hydrogen (secondary N) is 3. The Morgan fingerprint density at radius 1 is 1.21 bits per heavy atom. The molecule has 0 aliphatic carbocycles. The van der Waals surface area contributed by atoms with E-state index in [9.17, 15) is 0 Å². The molecule has 0 bridgehead atoms. The van der Waals surface area contributed by atoms with E-state index in [-0.39, 0.29) is 6.61 Å². The maximum absolute atomic E-state index is 8.91. The van der Waals surface area contributed by atoms with Gasteiger partial charge in [0.25, 0.3) is 0 Å². The minimum Gasteiger partial charge on any atom is -0.480 e. The summed E-state index contributed by atoms with van der Waals surface area (Å²) in [5.41, 5.74) is 3.23. The highest BCUT2D eigenvalue weighted by atomic mass is 16.5. The predicted octanol–water partition coefficient (Wildman–Crippen LogP) is 3.05. The van der Waals surface area contributed by atoms with Crippen molar-refractivity contribution in [3.05, 3.63) is 54.2 Å². The standard InChI is InChI=1S/C23H27N7O3/c1-15-21(33-17-7-9-26-20(11-17)16(12-24)13-25-2)6-5-19(29-15)18-14-28-23(27-8-4-10-31)30-22(18)32-3/h5-7,9,11-14,24-25,31H,4,8,10H2,1-3H3,(H,27,28,30)/b16-13+,24-12?. The van der Waals surface area contributed by atoms with E-state index in [0.29, 0.717) is 64.5 Å². The van der Waals surface area contributed by atoms with Crippen molar-refractivity contribution < 1.29 is 14.6 Å². The van der Waals surface area contributed by atoms with Gasteiger partial charge in [0.2, 0.25) is 11.8 Å². The second kappa shape index (κ2) is 11.5. The Morgan fingerprint density at radius 2 is 2.06 bits per heavy atom. The van der Waals surface area contributed by atoms with Gasteiger partial charge in [-0.2, -0.15) is 4.98 Å². The molecule has 0 fully saturated rings. The number of pyridine rings is 2. The van der Waals surface area contributed by atoms with Gasteiger partial charge >= 0.3 is 0 Å². The highest BCUT2D eigenvalue weighted by Crippen LogP contribution is 2.31. The zero-order chi connectivity index (χ0) is 23.6. The summed E-state index contributed by atoms with van der Waals surface area (Å²) in [4.78, 5) is 17.6. The summed E-state index contributed by atoms with van der Waals surface area (Å²) >= 11 is 0. The monoisotopic (exact) mass is 449 g/mol. The maximum atomic E-state index is 8.91. The summed E-state index contributed by atoms with van der Waals surface area (Å²) in [6, 6.07) is 7.15. The minimum atomic E-state index is 0.0944. The smallest absolute Gasteiger partial charge is 0.227 e. The van der Waals surface area contributed by atoms with Gasteiger partial charge in [-0.05, 0) is 31.5 Å². The van der Waals surface area contributed by atoms with E-state index in [1.807, 2.05) is 19.1 Å². The number of aliphatic hydroxyl groups excluding tert-OH is 1. The van der Waals surface area contributed by atoms with Crippen LogP contribution in [0.4, 0.5) is 5.95 Å². The van der Waals surface area contributed by atoms with Crippen molar-refractivity contribution in [3.63, 3.8) is 0 Å². The molecule has 0 atom stereocenters. The van der Waals surface area contributed by atoms with Crippen molar-refractivity contribution in [1.82, 2.24) is 25.3 Å². The van der Waals surface area contributed by atoms with Crippen molar-refractivity contribution >= 4 is 17.7 Å². The number of rotatable bonds is 11. The predicted molar refractivity (Wildman–Crippen MR) is 127 cm³/mol. The quantitative estimate of drug-likeness (QED) is 0.257. The molecule has 3 aromatic rings. The van der Waals surface area contributed by atoms with E-state index in [0.717, 1.165) is 0 Å². The normalized spacial score (nSPS) is 11.1. The second-order valence-electron chi connectivity index (χ2n) is 6.91. The fourth-order valence-electron chi connectivity index (χ4n) is 2.97. The first-order valence-electron chi connectivity index (χ1n) is 10.4. The number of hydrogen-bond acceptors (Lipinski definition) is 10. The maximum Gasteiger partial charge on any atom is 0.227 e. The van der Waals surface area contributed by atoms with Crippen molar-refractivity contribution in [2.24, 2.45) is 0 Å². The Morgan fingerprint density at radius 3 is 2.76 bits per heavy atom. The molecule has 33 heavy (non-hydrogen) atoms. The number of nitrogens with zero attached hydrogens (tertiary/aromatic N) is 4. The van der Waals surface area contributed by atoms with E-state index >= 15 is 0 Å². The van der Waals surface area contributed by atoms with Crippen molar-refractivity contribution in [3.8, 4) is 28.6 Å². The third-order valence-corrected chi connectivity index (χ3v) is 4.59. The Labute approximate surface area is 192 Å². The van der Waals surface area contributed by atoms with E-state index in [1.54, 1.807) is 44.9 Å². The summed E-state index contributed by atoms with van der Waals surface area (Å²) in [5, 5.41) is 22.4. The van der Waals surface area contributed by atoms with Crippen LogP contribution in [0, 0.1) is 12.3 Å². The van der Waals surface area contributed by atoms with Crippen LogP contribution >= 0.6 is 0 Å². The van der Waals surface area contributed by atoms with Gasteiger partial charge < -0.3 is 30.6 Å². The Hall–Kier alpha value is -4.05. The van der Waals surface area contributed by atoms with Gasteiger partial charge in [0.15, 0.2) is 0 Å². The van der Waals surface area contributed by atoms with Crippen LogP contribution in [-0.2, 0) is 0 Å². The molecule has 0 aromatic carbocycles. The van der Waals surface area contributed by atoms with Crippen molar-refractivity contribution in [2.75, 3.05) is 32.6 Å². The van der Waals surface area contributed by atoms with Crippen LogP contribution in [0.3, 0.4) is 0 Å². The van der Waals surface area contributed by atoms with Crippen LogP contribution in [0.5, 0.6) is 17.4 Å². The lowest BCUT2D eigenvalue weighted by atomic mass is 10.2. The SMILES string of the molecule is CN/C=C(\C=N)c1cc(Oc2ccc(-c3cnc(NCCCO)nc3OC)nc2C)ccn1. The molecule has 0 unspecified atom stereocenters. The molecular formula is C23H27N7O3. The minimum absolute atomic E-state index is 0.0944. The molecule has 3 rings (SSSR count). The lowest BCUT2D eigenvalue weighted by molar-refractivity contribution is 0.292. The molecule has 3 heterocycles. The Bertz CT molecular complexity index is 1130. The first-order valence-corrected chi connectivity index (χ1v) is 10.4. The Kier molecular flexibility index (Phi) is 8.25. The van der Waals surface area contributed by atoms with Crippen molar-refractivity contribution in [2.45, 2.75) is 13.3 Å². The van der Waals surface area contributed by atoms with Gasteiger partial charge in [-0.15, -0.1) is 0 Å². The Balaban J connectivity index is 1.82. The molecule has 0 saturated carbocycles. The lowest BCUT2D eigenvalue weighted by Crippen LogP contribution is -2.08. The van der Waals surface area contributed by atoms with Gasteiger partial charge in [-0.3, -0.25) is 4.98 Å². The zero-order valence-corrected chi connectivity index (χ0v) is 18.8. The molecule has 0 aliphatic heterocycles. The van der Waals surface area contributed by atoms with Crippen LogP contribution < -0.4 is 20.1 Å². The van der Waals surface area contributed by atoms with E-state index in [1.165, 1.54) is 6.21 Å². The van der Waals surface area contributed by atoms with Crippen LogP contribution in [0.15, 0.2) is 42.9 Å². The average Bonchev–Trinajstić information content (AvgIpc) is 2.84. The van der Waals surface area contributed by atoms with Gasteiger partial charge in [0.05, 0.1) is 29.8 Å². The molecule has 10 nitrogen and oxygen atoms in total. The third-order valence-electron chi connectivity index (χ3n) is 4.59. The summed E-state index contributed by atoms with van der Waals surface area (Å²) in [6.45, 7) is 2.51. The van der Waals surface area contributed by atoms with Gasteiger partial charge in [-0.25, -0.2) is 9.97 Å². The van der Waals surface area contributed by atoms with Gasteiger partial charge in [0, 0.05) is 56.6 Å². The number of aryl methyl sites for hydroxylation is 1. The number of aromatic nitrogens is 4. The molecule has 4 N–H and O–H groups in total. The van der Waals surface area contributed by atoms with Crippen LogP contribution in [0.25, 0.3) is 16.8 Å². The fourth-order valence-corrected chi connectivity index (χ4v) is 2.97. The molecule has 0 spiro atoms. The molecular weight excluding hydrogens is 422 g/mol. The van der Waals surface area contributed by atoms with Crippen LogP contribution in [0.1, 0.15) is 17.8 Å². The summed E-state index contributed by atoms with van der Waals surface area (Å²) < 4.78 is 11.5. The number of allylic oxidation sites excluding steroid dienone is 1. The topological polar surface area (TPSA) is 138 Å². The molecule has 0 radical (unpaired) electrons. The van der Waals surface area contributed by atoms with E-state index in [2.05, 4.69) is 30.6 Å². The number of ether oxygens (including phenoxy) is 2. The van der Waals surface area contributed by atoms with Crippen LogP contribution in [-0.4, -0.2) is 58.6 Å². The van der Waals surface area contributed by atoms with E-state index < -0.39 is 0 Å². The van der Waals surface area contributed by atoms with Crippen molar-refractivity contribution in [1.29, 1.82) is 5.41 Å². The number of aliphatic hydroxyl groups is 1. The second-order valence-corrected chi connectivity index (χ2v) is 6.91. The highest BCUT2D eigenvalue weighted by Gasteiger charge is 2.14. The molecule has 10 heteroatoms. The summed E-state index contributed by atoms with van der Waals surface area (Å²) in [5.74, 6) is 1.99. The largest absolute Gasteiger partial charge is 0.480 e. The van der Waals surface area contributed by atoms with Gasteiger partial charge in [0.1, 0.15) is 11.5 Å². The number of hydrogen-bond donors (Lipinski definition) is 4. The number of methoxy groups -OCH3 is 1. The lowest BCUT2D eigenvalue weighted by Gasteiger charge is -2.12. The first-order chi connectivity index (χ1) is 16.1. The average molecular weight is 450 g/mol. The van der Waals surface area contributed by atoms with Gasteiger partial charge in [-0.1, -0.05) is 0 Å². The highest BCUT2D eigenvalue weighted by molar-refractivity contribution is 6.07. The first kappa shape index (κ1) is 23.6. The fraction of sp³-hybridized carbons (Fsp3) is 0.261. The summed E-state index contributed by atoms with van der Waals surface area (Å²) in [6.07, 6.45) is 6.81. The molecule has 172 valence electrons. The molecule has 0 aliphatic rings. The third kappa shape index (κ3) is 6.01. The zero-order valence-electron chi connectivity index (χ0n) is 18.8. The summed E-state index contributed by atoms with van der Waals surface area (Å²) in [7, 11) is 3.31. The van der Waals surface area contributed by atoms with E-state index in [4.69, 9.17) is 20.0 Å². The molecule has 3 aromatic heterocycles. The van der Waals surface area contributed by atoms with Crippen LogP contribution in [0.2, 0.25) is 0 Å². The molecule has 0 saturated heterocycles.